The average Bonchev–Trinajstić information content (AvgIpc) is 2.66. The number of unbranched alkanes of at least 4 members (excludes halogenated alkanes) is 8. The van der Waals surface area contributed by atoms with Crippen LogP contribution in [-0.4, -0.2) is 10.3 Å². The van der Waals surface area contributed by atoms with E-state index in [9.17, 15) is 22.1 Å². The molecule has 28 heavy (non-hydrogen) atoms. The number of hydrogen-bond donors (Lipinski definition) is 0. The third-order valence-corrected chi connectivity index (χ3v) is 6.71. The van der Waals surface area contributed by atoms with Gasteiger partial charge in [-0.25, -0.2) is 8.78 Å². The van der Waals surface area contributed by atoms with Crippen LogP contribution in [-0.2, 0) is 11.2 Å². The van der Waals surface area contributed by atoms with Crippen LogP contribution in [0.5, 0.6) is 0 Å². The SMILES string of the molecule is CCCCCCCCC(CCCCCC)C[S+]([O-])c1c(F)c(F)cc(F)c1F. The van der Waals surface area contributed by atoms with Crippen molar-refractivity contribution in [2.45, 2.75) is 95.8 Å². The lowest BCUT2D eigenvalue weighted by atomic mass is 9.96. The van der Waals surface area contributed by atoms with Crippen molar-refractivity contribution in [3.63, 3.8) is 0 Å². The summed E-state index contributed by atoms with van der Waals surface area (Å²) in [6, 6.07) is 0.157. The Kier molecular flexibility index (Phi) is 12.9. The van der Waals surface area contributed by atoms with Gasteiger partial charge >= 0.3 is 0 Å². The smallest absolute Gasteiger partial charge is 0.230 e. The van der Waals surface area contributed by atoms with E-state index in [0.29, 0.717) is 0 Å². The van der Waals surface area contributed by atoms with E-state index in [1.807, 2.05) is 0 Å². The third kappa shape index (κ3) is 8.73. The minimum atomic E-state index is -2.10. The number of benzene rings is 1. The van der Waals surface area contributed by atoms with Gasteiger partial charge in [0, 0.05) is 12.0 Å². The molecule has 0 amide bonds. The molecule has 0 aliphatic rings. The Balaban J connectivity index is 2.70. The molecule has 0 saturated heterocycles. The van der Waals surface area contributed by atoms with Crippen molar-refractivity contribution in [3.05, 3.63) is 29.3 Å². The molecule has 6 heteroatoms. The van der Waals surface area contributed by atoms with Crippen molar-refractivity contribution < 1.29 is 22.1 Å². The van der Waals surface area contributed by atoms with Crippen LogP contribution in [0.3, 0.4) is 0 Å². The van der Waals surface area contributed by atoms with E-state index < -0.39 is 39.3 Å². The Bertz CT molecular complexity index is 542. The van der Waals surface area contributed by atoms with Crippen LogP contribution in [0.2, 0.25) is 0 Å². The van der Waals surface area contributed by atoms with Gasteiger partial charge in [-0.3, -0.25) is 0 Å². The molecule has 0 fully saturated rings. The van der Waals surface area contributed by atoms with E-state index in [1.54, 1.807) is 0 Å². The molecule has 162 valence electrons. The van der Waals surface area contributed by atoms with Crippen LogP contribution < -0.4 is 0 Å². The standard InChI is InChI=1S/C22H34F4OS/c1-3-5-7-9-10-12-14-17(13-11-8-6-4-2)16-28(27)22-20(25)18(23)15-19(24)21(22)26/h15,17H,3-14,16H2,1-2H3. The Morgan fingerprint density at radius 2 is 1.18 bits per heavy atom. The maximum atomic E-state index is 13.9. The Morgan fingerprint density at radius 3 is 1.68 bits per heavy atom. The van der Waals surface area contributed by atoms with E-state index in [-0.39, 0.29) is 17.7 Å². The van der Waals surface area contributed by atoms with Crippen molar-refractivity contribution in [2.24, 2.45) is 5.92 Å². The van der Waals surface area contributed by atoms with Crippen molar-refractivity contribution >= 4 is 11.2 Å². The molecule has 0 aliphatic heterocycles. The van der Waals surface area contributed by atoms with Gasteiger partial charge < -0.3 is 4.55 Å². The molecule has 2 unspecified atom stereocenters. The molecule has 0 heterocycles. The summed E-state index contributed by atoms with van der Waals surface area (Å²) in [6.45, 7) is 4.28. The molecule has 1 nitrogen and oxygen atoms in total. The molecular weight excluding hydrogens is 388 g/mol. The lowest BCUT2D eigenvalue weighted by Gasteiger charge is -2.20. The van der Waals surface area contributed by atoms with Crippen molar-refractivity contribution in [2.75, 3.05) is 5.75 Å². The lowest BCUT2D eigenvalue weighted by molar-refractivity contribution is 0.411. The molecule has 0 aromatic heterocycles. The monoisotopic (exact) mass is 422 g/mol. The zero-order valence-electron chi connectivity index (χ0n) is 17.2. The Morgan fingerprint density at radius 1 is 0.750 bits per heavy atom. The highest BCUT2D eigenvalue weighted by molar-refractivity contribution is 7.91. The van der Waals surface area contributed by atoms with Gasteiger partial charge in [-0.2, -0.15) is 8.78 Å². The maximum Gasteiger partial charge on any atom is 0.230 e. The molecule has 1 aromatic carbocycles. The average molecular weight is 423 g/mol. The van der Waals surface area contributed by atoms with Gasteiger partial charge in [-0.1, -0.05) is 78.1 Å². The minimum absolute atomic E-state index is 0.0361. The number of hydrogen-bond acceptors (Lipinski definition) is 1. The summed E-state index contributed by atoms with van der Waals surface area (Å²) in [7, 11) is 0. The van der Waals surface area contributed by atoms with Crippen molar-refractivity contribution in [1.82, 2.24) is 0 Å². The molecule has 1 aromatic rings. The van der Waals surface area contributed by atoms with Crippen molar-refractivity contribution in [3.8, 4) is 0 Å². The Labute approximate surface area is 170 Å². The first-order chi connectivity index (χ1) is 13.4. The fraction of sp³-hybridized carbons (Fsp3) is 0.727. The van der Waals surface area contributed by atoms with Gasteiger partial charge in [0.25, 0.3) is 0 Å². The quantitative estimate of drug-likeness (QED) is 0.123. The summed E-state index contributed by atoms with van der Waals surface area (Å²) in [6.07, 6.45) is 12.7. The summed E-state index contributed by atoms with van der Waals surface area (Å²) in [5.41, 5.74) is 0. The van der Waals surface area contributed by atoms with Gasteiger partial charge in [-0.15, -0.1) is 0 Å². The van der Waals surface area contributed by atoms with E-state index in [0.717, 1.165) is 57.8 Å². The van der Waals surface area contributed by atoms with Crippen molar-refractivity contribution in [1.29, 1.82) is 0 Å². The molecule has 0 radical (unpaired) electrons. The largest absolute Gasteiger partial charge is 0.611 e. The molecule has 0 N–H and O–H groups in total. The lowest BCUT2D eigenvalue weighted by Crippen LogP contribution is -2.20. The highest BCUT2D eigenvalue weighted by Gasteiger charge is 2.30. The summed E-state index contributed by atoms with van der Waals surface area (Å²) in [5, 5.41) is 0. The van der Waals surface area contributed by atoms with Crippen LogP contribution in [0.25, 0.3) is 0 Å². The highest BCUT2D eigenvalue weighted by Crippen LogP contribution is 2.28. The summed E-state index contributed by atoms with van der Waals surface area (Å²) >= 11 is -2.10. The first-order valence-corrected chi connectivity index (χ1v) is 12.0. The Hall–Kier alpha value is -0.750. The normalized spacial score (nSPS) is 13.7. The minimum Gasteiger partial charge on any atom is -0.611 e. The van der Waals surface area contributed by atoms with Gasteiger partial charge in [0.05, 0.1) is 0 Å². The fourth-order valence-corrected chi connectivity index (χ4v) is 4.96. The molecule has 0 spiro atoms. The summed E-state index contributed by atoms with van der Waals surface area (Å²) in [4.78, 5) is -0.959. The van der Waals surface area contributed by atoms with Crippen LogP contribution in [0.4, 0.5) is 17.6 Å². The van der Waals surface area contributed by atoms with Crippen LogP contribution >= 0.6 is 0 Å². The number of halogens is 4. The topological polar surface area (TPSA) is 23.1 Å². The van der Waals surface area contributed by atoms with Crippen LogP contribution in [0.1, 0.15) is 90.9 Å². The molecule has 1 rings (SSSR count). The second kappa shape index (κ2) is 14.3. The molecule has 2 atom stereocenters. The predicted molar refractivity (Wildman–Crippen MR) is 108 cm³/mol. The second-order valence-corrected chi connectivity index (χ2v) is 9.01. The van der Waals surface area contributed by atoms with E-state index in [1.165, 1.54) is 19.3 Å². The highest BCUT2D eigenvalue weighted by atomic mass is 32.2. The van der Waals surface area contributed by atoms with Gasteiger partial charge in [0.1, 0.15) is 5.75 Å². The van der Waals surface area contributed by atoms with E-state index in [4.69, 9.17) is 0 Å². The number of rotatable bonds is 15. The molecule has 0 saturated carbocycles. The van der Waals surface area contributed by atoms with Crippen LogP contribution in [0, 0.1) is 29.2 Å². The second-order valence-electron chi connectivity index (χ2n) is 7.58. The van der Waals surface area contributed by atoms with E-state index in [2.05, 4.69) is 13.8 Å². The van der Waals surface area contributed by atoms with Gasteiger partial charge in [-0.05, 0) is 24.0 Å². The maximum absolute atomic E-state index is 13.9. The fourth-order valence-electron chi connectivity index (χ4n) is 3.43. The van der Waals surface area contributed by atoms with Gasteiger partial charge in [0.2, 0.25) is 16.5 Å². The first kappa shape index (κ1) is 25.3. The van der Waals surface area contributed by atoms with Crippen LogP contribution in [0.15, 0.2) is 11.0 Å². The molecular formula is C22H34F4OS. The summed E-state index contributed by atoms with van der Waals surface area (Å²) < 4.78 is 67.3. The molecule has 0 bridgehead atoms. The summed E-state index contributed by atoms with van der Waals surface area (Å²) in [5.74, 6) is -6.01. The third-order valence-electron chi connectivity index (χ3n) is 5.12. The zero-order valence-corrected chi connectivity index (χ0v) is 18.0. The zero-order chi connectivity index (χ0) is 20.9. The van der Waals surface area contributed by atoms with Gasteiger partial charge in [0.15, 0.2) is 11.6 Å². The predicted octanol–water partition coefficient (Wildman–Crippen LogP) is 7.69. The molecule has 0 aliphatic carbocycles. The van der Waals surface area contributed by atoms with E-state index >= 15 is 0 Å². The first-order valence-electron chi connectivity index (χ1n) is 10.6.